The first-order valence-corrected chi connectivity index (χ1v) is 5.54. The van der Waals surface area contributed by atoms with Crippen LogP contribution in [0.2, 0.25) is 0 Å². The molecule has 2 aromatic rings. The summed E-state index contributed by atoms with van der Waals surface area (Å²) in [7, 11) is 0. The van der Waals surface area contributed by atoms with Crippen molar-refractivity contribution >= 4 is 23.1 Å². The second-order valence-electron chi connectivity index (χ2n) is 3.66. The number of aromatic nitrogens is 1. The highest BCUT2D eigenvalue weighted by Gasteiger charge is 2.12. The molecule has 1 heterocycles. The molecule has 2 rings (SSSR count). The molecule has 1 aromatic heterocycles. The van der Waals surface area contributed by atoms with Crippen LogP contribution in [0.25, 0.3) is 11.1 Å². The molecule has 0 aliphatic rings. The average molecular weight is 234 g/mol. The number of anilines is 1. The van der Waals surface area contributed by atoms with Crippen molar-refractivity contribution in [2.75, 3.05) is 18.0 Å². The molecule has 0 saturated heterocycles. The van der Waals surface area contributed by atoms with E-state index in [0.717, 1.165) is 13.1 Å². The number of aromatic carboxylic acids is 1. The van der Waals surface area contributed by atoms with Crippen LogP contribution in [0.3, 0.4) is 0 Å². The first-order chi connectivity index (χ1) is 8.15. The van der Waals surface area contributed by atoms with Crippen molar-refractivity contribution in [3.63, 3.8) is 0 Å². The Bertz CT molecular complexity index is 544. The van der Waals surface area contributed by atoms with Gasteiger partial charge in [-0.2, -0.15) is 4.98 Å². The number of hydrogen-bond donors (Lipinski definition) is 1. The van der Waals surface area contributed by atoms with Gasteiger partial charge in [0.25, 0.3) is 6.01 Å². The zero-order chi connectivity index (χ0) is 12.4. The van der Waals surface area contributed by atoms with Crippen molar-refractivity contribution in [1.29, 1.82) is 0 Å². The summed E-state index contributed by atoms with van der Waals surface area (Å²) in [6.07, 6.45) is 0. The summed E-state index contributed by atoms with van der Waals surface area (Å²) in [5.74, 6) is -0.965. The van der Waals surface area contributed by atoms with Crippen molar-refractivity contribution in [3.05, 3.63) is 23.8 Å². The molecule has 0 unspecified atom stereocenters. The third kappa shape index (κ3) is 2.08. The Morgan fingerprint density at radius 1 is 1.41 bits per heavy atom. The molecule has 0 bridgehead atoms. The lowest BCUT2D eigenvalue weighted by Gasteiger charge is -2.14. The molecule has 1 N–H and O–H groups in total. The van der Waals surface area contributed by atoms with Crippen LogP contribution >= 0.6 is 0 Å². The minimum Gasteiger partial charge on any atom is -0.478 e. The van der Waals surface area contributed by atoms with Gasteiger partial charge in [-0.3, -0.25) is 0 Å². The molecule has 90 valence electrons. The minimum absolute atomic E-state index is 0.208. The molecule has 0 atom stereocenters. The maximum Gasteiger partial charge on any atom is 0.335 e. The molecule has 0 radical (unpaired) electrons. The highest BCUT2D eigenvalue weighted by molar-refractivity contribution is 5.92. The Labute approximate surface area is 98.7 Å². The lowest BCUT2D eigenvalue weighted by atomic mass is 10.2. The maximum atomic E-state index is 10.8. The van der Waals surface area contributed by atoms with Crippen molar-refractivity contribution < 1.29 is 14.3 Å². The molecule has 1 aromatic carbocycles. The number of carboxylic acids is 1. The van der Waals surface area contributed by atoms with Gasteiger partial charge in [0.2, 0.25) is 0 Å². The normalized spacial score (nSPS) is 10.7. The van der Waals surface area contributed by atoms with Gasteiger partial charge in [-0.15, -0.1) is 0 Å². The molecule has 0 spiro atoms. The molecule has 0 fully saturated rings. The lowest BCUT2D eigenvalue weighted by molar-refractivity contribution is 0.0697. The monoisotopic (exact) mass is 234 g/mol. The molecular weight excluding hydrogens is 220 g/mol. The van der Waals surface area contributed by atoms with Gasteiger partial charge < -0.3 is 14.4 Å². The Balaban J connectivity index is 2.46. The van der Waals surface area contributed by atoms with E-state index < -0.39 is 5.97 Å². The Hall–Kier alpha value is -2.04. The fraction of sp³-hybridized carbons (Fsp3) is 0.333. The number of fused-ring (bicyclic) bond motifs is 1. The highest BCUT2D eigenvalue weighted by atomic mass is 16.4. The Morgan fingerprint density at radius 3 is 2.71 bits per heavy atom. The van der Waals surface area contributed by atoms with Gasteiger partial charge in [0.1, 0.15) is 5.52 Å². The van der Waals surface area contributed by atoms with Gasteiger partial charge in [0.05, 0.1) is 5.56 Å². The van der Waals surface area contributed by atoms with Crippen molar-refractivity contribution in [2.24, 2.45) is 0 Å². The molecule has 0 aliphatic carbocycles. The number of rotatable bonds is 4. The van der Waals surface area contributed by atoms with Gasteiger partial charge in [-0.25, -0.2) is 4.79 Å². The largest absolute Gasteiger partial charge is 0.478 e. The van der Waals surface area contributed by atoms with Gasteiger partial charge in [0, 0.05) is 13.1 Å². The molecule has 0 saturated carbocycles. The van der Waals surface area contributed by atoms with E-state index in [-0.39, 0.29) is 5.56 Å². The number of oxazole rings is 1. The van der Waals surface area contributed by atoms with Crippen LogP contribution < -0.4 is 4.90 Å². The third-order valence-corrected chi connectivity index (χ3v) is 2.66. The van der Waals surface area contributed by atoms with Gasteiger partial charge >= 0.3 is 5.97 Å². The highest BCUT2D eigenvalue weighted by Crippen LogP contribution is 2.22. The molecule has 5 heteroatoms. The number of hydrogen-bond acceptors (Lipinski definition) is 4. The standard InChI is InChI=1S/C12H14N2O3/c1-3-14(4-2)12-13-9-6-5-8(11(15)16)7-10(9)17-12/h5-7H,3-4H2,1-2H3,(H,15,16). The first kappa shape index (κ1) is 11.4. The minimum atomic E-state index is -0.965. The topological polar surface area (TPSA) is 66.6 Å². The van der Waals surface area contributed by atoms with Crippen LogP contribution in [0.4, 0.5) is 6.01 Å². The summed E-state index contributed by atoms with van der Waals surface area (Å²) < 4.78 is 5.55. The van der Waals surface area contributed by atoms with Crippen molar-refractivity contribution in [2.45, 2.75) is 13.8 Å². The summed E-state index contributed by atoms with van der Waals surface area (Å²) in [5, 5.41) is 8.88. The Kier molecular flexibility index (Phi) is 2.99. The summed E-state index contributed by atoms with van der Waals surface area (Å²) in [6, 6.07) is 5.22. The number of carbonyl (C=O) groups is 1. The van der Waals surface area contributed by atoms with E-state index >= 15 is 0 Å². The van der Waals surface area contributed by atoms with Crippen LogP contribution in [0.1, 0.15) is 24.2 Å². The number of carboxylic acid groups (broad SMARTS) is 1. The van der Waals surface area contributed by atoms with Crippen LogP contribution in [0.15, 0.2) is 22.6 Å². The summed E-state index contributed by atoms with van der Waals surface area (Å²) in [6.45, 7) is 5.63. The molecular formula is C12H14N2O3. The molecule has 0 amide bonds. The van der Waals surface area contributed by atoms with E-state index in [1.54, 1.807) is 6.07 Å². The predicted molar refractivity (Wildman–Crippen MR) is 64.5 cm³/mol. The van der Waals surface area contributed by atoms with E-state index in [0.29, 0.717) is 17.1 Å². The van der Waals surface area contributed by atoms with Gasteiger partial charge in [0.15, 0.2) is 5.58 Å². The summed E-state index contributed by atoms with van der Waals surface area (Å²) >= 11 is 0. The second-order valence-corrected chi connectivity index (χ2v) is 3.66. The SMILES string of the molecule is CCN(CC)c1nc2ccc(C(=O)O)cc2o1. The van der Waals surface area contributed by atoms with E-state index in [1.165, 1.54) is 12.1 Å². The van der Waals surface area contributed by atoms with Crippen LogP contribution in [0.5, 0.6) is 0 Å². The second kappa shape index (κ2) is 4.45. The van der Waals surface area contributed by atoms with Gasteiger partial charge in [-0.05, 0) is 32.0 Å². The third-order valence-electron chi connectivity index (χ3n) is 2.66. The fourth-order valence-electron chi connectivity index (χ4n) is 1.67. The van der Waals surface area contributed by atoms with E-state index in [4.69, 9.17) is 9.52 Å². The quantitative estimate of drug-likeness (QED) is 0.879. The summed E-state index contributed by atoms with van der Waals surface area (Å²) in [5.41, 5.74) is 1.39. The van der Waals surface area contributed by atoms with Crippen LogP contribution in [-0.2, 0) is 0 Å². The zero-order valence-corrected chi connectivity index (χ0v) is 9.80. The van der Waals surface area contributed by atoms with E-state index in [2.05, 4.69) is 4.98 Å². The lowest BCUT2D eigenvalue weighted by Crippen LogP contribution is -2.21. The van der Waals surface area contributed by atoms with Gasteiger partial charge in [-0.1, -0.05) is 0 Å². The van der Waals surface area contributed by atoms with E-state index in [1.807, 2.05) is 18.7 Å². The molecule has 17 heavy (non-hydrogen) atoms. The maximum absolute atomic E-state index is 10.8. The van der Waals surface area contributed by atoms with Crippen LogP contribution in [-0.4, -0.2) is 29.1 Å². The van der Waals surface area contributed by atoms with Crippen molar-refractivity contribution in [1.82, 2.24) is 4.98 Å². The Morgan fingerprint density at radius 2 is 2.12 bits per heavy atom. The summed E-state index contributed by atoms with van der Waals surface area (Å²) in [4.78, 5) is 17.1. The number of benzene rings is 1. The smallest absolute Gasteiger partial charge is 0.335 e. The fourth-order valence-corrected chi connectivity index (χ4v) is 1.67. The van der Waals surface area contributed by atoms with Crippen LogP contribution in [0, 0.1) is 0 Å². The molecule has 5 nitrogen and oxygen atoms in total. The predicted octanol–water partition coefficient (Wildman–Crippen LogP) is 2.37. The zero-order valence-electron chi connectivity index (χ0n) is 9.80. The molecule has 0 aliphatic heterocycles. The first-order valence-electron chi connectivity index (χ1n) is 5.54. The van der Waals surface area contributed by atoms with E-state index in [9.17, 15) is 4.79 Å². The average Bonchev–Trinajstić information content (AvgIpc) is 2.72. The van der Waals surface area contributed by atoms with Crippen molar-refractivity contribution in [3.8, 4) is 0 Å². The number of nitrogens with zero attached hydrogens (tertiary/aromatic N) is 2.